The average molecular weight is 421 g/mol. The average Bonchev–Trinajstić information content (AvgIpc) is 3.17. The SMILES string of the molecule is COc1cccc2sc(N3CCN(C(=O)c4cccc(C(F)(F)F)c4)CC3)nc12. The normalized spacial score (nSPS) is 15.0. The molecular weight excluding hydrogens is 403 g/mol. The highest BCUT2D eigenvalue weighted by molar-refractivity contribution is 7.22. The Labute approximate surface area is 169 Å². The molecule has 3 aromatic rings. The van der Waals surface area contributed by atoms with E-state index >= 15 is 0 Å². The maximum absolute atomic E-state index is 12.9. The summed E-state index contributed by atoms with van der Waals surface area (Å²) in [4.78, 5) is 21.0. The van der Waals surface area contributed by atoms with Gasteiger partial charge in [0.05, 0.1) is 17.4 Å². The molecule has 1 aliphatic heterocycles. The first-order valence-electron chi connectivity index (χ1n) is 9.02. The first kappa shape index (κ1) is 19.5. The number of anilines is 1. The molecule has 0 unspecified atom stereocenters. The van der Waals surface area contributed by atoms with Gasteiger partial charge >= 0.3 is 6.18 Å². The van der Waals surface area contributed by atoms with E-state index in [-0.39, 0.29) is 11.5 Å². The van der Waals surface area contributed by atoms with Gasteiger partial charge in [-0.15, -0.1) is 0 Å². The van der Waals surface area contributed by atoms with Gasteiger partial charge in [-0.3, -0.25) is 4.79 Å². The number of ether oxygens (including phenoxy) is 1. The van der Waals surface area contributed by atoms with E-state index in [2.05, 4.69) is 9.88 Å². The van der Waals surface area contributed by atoms with Crippen molar-refractivity contribution >= 4 is 32.6 Å². The minimum atomic E-state index is -4.47. The zero-order valence-corrected chi connectivity index (χ0v) is 16.4. The summed E-state index contributed by atoms with van der Waals surface area (Å²) in [7, 11) is 1.60. The number of piperazine rings is 1. The van der Waals surface area contributed by atoms with Crippen molar-refractivity contribution in [2.45, 2.75) is 6.18 Å². The number of carbonyl (C=O) groups excluding carboxylic acids is 1. The molecular formula is C20H18F3N3O2S. The maximum Gasteiger partial charge on any atom is 0.416 e. The Hall–Kier alpha value is -2.81. The van der Waals surface area contributed by atoms with Crippen LogP contribution >= 0.6 is 11.3 Å². The predicted octanol–water partition coefficient (Wildman–Crippen LogP) is 4.29. The molecule has 5 nitrogen and oxygen atoms in total. The van der Waals surface area contributed by atoms with E-state index in [0.29, 0.717) is 31.9 Å². The minimum Gasteiger partial charge on any atom is -0.494 e. The van der Waals surface area contributed by atoms with Crippen molar-refractivity contribution in [3.63, 3.8) is 0 Å². The molecule has 1 amide bonds. The fourth-order valence-corrected chi connectivity index (χ4v) is 4.36. The number of para-hydroxylation sites is 1. The molecule has 2 heterocycles. The summed E-state index contributed by atoms with van der Waals surface area (Å²) in [6.07, 6.45) is -4.47. The summed E-state index contributed by atoms with van der Waals surface area (Å²) in [6.45, 7) is 1.96. The van der Waals surface area contributed by atoms with Crippen molar-refractivity contribution in [3.05, 3.63) is 53.6 Å². The summed E-state index contributed by atoms with van der Waals surface area (Å²) in [5, 5.41) is 0.843. The summed E-state index contributed by atoms with van der Waals surface area (Å²) >= 11 is 1.55. The summed E-state index contributed by atoms with van der Waals surface area (Å²) < 4.78 is 45.1. The number of fused-ring (bicyclic) bond motifs is 1. The first-order valence-corrected chi connectivity index (χ1v) is 9.83. The van der Waals surface area contributed by atoms with Crippen molar-refractivity contribution < 1.29 is 22.7 Å². The zero-order chi connectivity index (χ0) is 20.6. The van der Waals surface area contributed by atoms with Crippen LogP contribution in [0.15, 0.2) is 42.5 Å². The van der Waals surface area contributed by atoms with Crippen molar-refractivity contribution in [1.29, 1.82) is 0 Å². The molecule has 29 heavy (non-hydrogen) atoms. The molecule has 1 saturated heterocycles. The van der Waals surface area contributed by atoms with Crippen molar-refractivity contribution in [3.8, 4) is 5.75 Å². The number of benzene rings is 2. The third-order valence-corrected chi connectivity index (χ3v) is 5.95. The van der Waals surface area contributed by atoms with Crippen LogP contribution in [0.25, 0.3) is 10.2 Å². The minimum absolute atomic E-state index is 0.0537. The molecule has 0 N–H and O–H groups in total. The Morgan fingerprint density at radius 1 is 1.10 bits per heavy atom. The van der Waals surface area contributed by atoms with E-state index < -0.39 is 11.7 Å². The van der Waals surface area contributed by atoms with Crippen LogP contribution in [0, 0.1) is 0 Å². The monoisotopic (exact) mass is 421 g/mol. The molecule has 0 atom stereocenters. The van der Waals surface area contributed by atoms with E-state index in [1.807, 2.05) is 18.2 Å². The van der Waals surface area contributed by atoms with Gasteiger partial charge in [0.25, 0.3) is 5.91 Å². The molecule has 1 aliphatic rings. The number of halogens is 3. The number of thiazole rings is 1. The van der Waals surface area contributed by atoms with Gasteiger partial charge in [-0.1, -0.05) is 23.5 Å². The van der Waals surface area contributed by atoms with E-state index in [1.165, 1.54) is 12.1 Å². The number of alkyl halides is 3. The Morgan fingerprint density at radius 3 is 2.52 bits per heavy atom. The Balaban J connectivity index is 1.46. The molecule has 0 saturated carbocycles. The highest BCUT2D eigenvalue weighted by Crippen LogP contribution is 2.34. The van der Waals surface area contributed by atoms with Gasteiger partial charge < -0.3 is 14.5 Å². The molecule has 0 bridgehead atoms. The summed E-state index contributed by atoms with van der Waals surface area (Å²) in [5.74, 6) is 0.324. The second-order valence-electron chi connectivity index (χ2n) is 6.66. The van der Waals surface area contributed by atoms with Crippen molar-refractivity contribution in [1.82, 2.24) is 9.88 Å². The van der Waals surface area contributed by atoms with Crippen LogP contribution in [0.1, 0.15) is 15.9 Å². The lowest BCUT2D eigenvalue weighted by Crippen LogP contribution is -2.48. The highest BCUT2D eigenvalue weighted by Gasteiger charge is 2.32. The number of amides is 1. The molecule has 2 aromatic carbocycles. The van der Waals surface area contributed by atoms with Gasteiger partial charge in [0.1, 0.15) is 11.3 Å². The Morgan fingerprint density at radius 2 is 1.83 bits per heavy atom. The zero-order valence-electron chi connectivity index (χ0n) is 15.6. The van der Waals surface area contributed by atoms with Crippen LogP contribution in [0.3, 0.4) is 0 Å². The number of nitrogens with zero attached hydrogens (tertiary/aromatic N) is 3. The van der Waals surface area contributed by atoms with Crippen molar-refractivity contribution in [2.24, 2.45) is 0 Å². The van der Waals surface area contributed by atoms with E-state index in [0.717, 1.165) is 27.5 Å². The number of hydrogen-bond donors (Lipinski definition) is 0. The third-order valence-electron chi connectivity index (χ3n) is 4.86. The number of methoxy groups -OCH3 is 1. The van der Waals surface area contributed by atoms with Gasteiger partial charge in [-0.2, -0.15) is 13.2 Å². The van der Waals surface area contributed by atoms with Crippen LogP contribution in [-0.4, -0.2) is 49.1 Å². The van der Waals surface area contributed by atoms with E-state index in [9.17, 15) is 18.0 Å². The van der Waals surface area contributed by atoms with Crippen LogP contribution in [0.2, 0.25) is 0 Å². The fraction of sp³-hybridized carbons (Fsp3) is 0.300. The van der Waals surface area contributed by atoms with Gasteiger partial charge in [-0.05, 0) is 30.3 Å². The second kappa shape index (κ2) is 7.55. The highest BCUT2D eigenvalue weighted by atomic mass is 32.1. The largest absolute Gasteiger partial charge is 0.494 e. The van der Waals surface area contributed by atoms with Gasteiger partial charge in [0.15, 0.2) is 5.13 Å². The number of hydrogen-bond acceptors (Lipinski definition) is 5. The maximum atomic E-state index is 12.9. The number of carbonyl (C=O) groups is 1. The lowest BCUT2D eigenvalue weighted by atomic mass is 10.1. The van der Waals surface area contributed by atoms with Crippen LogP contribution < -0.4 is 9.64 Å². The van der Waals surface area contributed by atoms with Crippen LogP contribution in [0.4, 0.5) is 18.3 Å². The van der Waals surface area contributed by atoms with Gasteiger partial charge in [0.2, 0.25) is 0 Å². The topological polar surface area (TPSA) is 45.7 Å². The van der Waals surface area contributed by atoms with E-state index in [1.54, 1.807) is 23.3 Å². The third kappa shape index (κ3) is 3.87. The Bertz CT molecular complexity index is 1040. The number of rotatable bonds is 3. The second-order valence-corrected chi connectivity index (χ2v) is 7.67. The fourth-order valence-electron chi connectivity index (χ4n) is 3.32. The lowest BCUT2D eigenvalue weighted by molar-refractivity contribution is -0.137. The van der Waals surface area contributed by atoms with Gasteiger partial charge in [0, 0.05) is 31.7 Å². The lowest BCUT2D eigenvalue weighted by Gasteiger charge is -2.34. The first-order chi connectivity index (χ1) is 13.9. The molecule has 0 spiro atoms. The molecule has 0 radical (unpaired) electrons. The summed E-state index contributed by atoms with van der Waals surface area (Å²) in [5.41, 5.74) is 0.0425. The van der Waals surface area contributed by atoms with Crippen molar-refractivity contribution in [2.75, 3.05) is 38.2 Å². The summed E-state index contributed by atoms with van der Waals surface area (Å²) in [6, 6.07) is 10.3. The van der Waals surface area contributed by atoms with Crippen LogP contribution in [0.5, 0.6) is 5.75 Å². The Kier molecular flexibility index (Phi) is 5.08. The molecule has 0 aliphatic carbocycles. The number of aromatic nitrogens is 1. The predicted molar refractivity (Wildman–Crippen MR) is 106 cm³/mol. The molecule has 4 rings (SSSR count). The van der Waals surface area contributed by atoms with E-state index in [4.69, 9.17) is 4.74 Å². The smallest absolute Gasteiger partial charge is 0.416 e. The molecule has 9 heteroatoms. The quantitative estimate of drug-likeness (QED) is 0.633. The standard InChI is InChI=1S/C20H18F3N3O2S/c1-28-15-6-3-7-16-17(15)24-19(29-16)26-10-8-25(9-11-26)18(27)13-4-2-5-14(12-13)20(21,22)23/h2-7,12H,8-11H2,1H3. The van der Waals surface area contributed by atoms with Crippen LogP contribution in [-0.2, 0) is 6.18 Å². The van der Waals surface area contributed by atoms with Gasteiger partial charge in [-0.25, -0.2) is 4.98 Å². The molecule has 1 aromatic heterocycles. The molecule has 152 valence electrons. The molecule has 1 fully saturated rings.